The van der Waals surface area contributed by atoms with E-state index in [9.17, 15) is 4.79 Å². The van der Waals surface area contributed by atoms with Gasteiger partial charge in [0.25, 0.3) is 5.91 Å². The minimum Gasteiger partial charge on any atom is -0.348 e. The summed E-state index contributed by atoms with van der Waals surface area (Å²) in [4.78, 5) is 16.8. The molecule has 0 bridgehead atoms. The second kappa shape index (κ2) is 9.99. The van der Waals surface area contributed by atoms with Gasteiger partial charge in [0.2, 0.25) is 0 Å². The van der Waals surface area contributed by atoms with Crippen molar-refractivity contribution in [2.75, 3.05) is 6.54 Å². The molecule has 3 rings (SSSR count). The topological polar surface area (TPSA) is 68.0 Å². The first kappa shape index (κ1) is 20.9. The van der Waals surface area contributed by atoms with Crippen molar-refractivity contribution in [2.45, 2.75) is 31.7 Å². The summed E-state index contributed by atoms with van der Waals surface area (Å²) in [5.74, 6) is 0.340. The largest absolute Gasteiger partial charge is 0.348 e. The predicted molar refractivity (Wildman–Crippen MR) is 104 cm³/mol. The van der Waals surface area contributed by atoms with Gasteiger partial charge in [0.05, 0.1) is 5.01 Å². The minimum atomic E-state index is -0.0686. The fraction of sp³-hybridized carbons (Fsp3) is 0.412. The van der Waals surface area contributed by atoms with Gasteiger partial charge >= 0.3 is 0 Å². The van der Waals surface area contributed by atoms with Gasteiger partial charge in [-0.05, 0) is 30.9 Å². The zero-order chi connectivity index (χ0) is 15.4. The van der Waals surface area contributed by atoms with Crippen LogP contribution in [0.25, 0.3) is 0 Å². The summed E-state index contributed by atoms with van der Waals surface area (Å²) >= 11 is 1.54. The lowest BCUT2D eigenvalue weighted by molar-refractivity contribution is 0.0924. The van der Waals surface area contributed by atoms with Crippen LogP contribution in [0, 0.1) is 5.92 Å². The molecule has 132 valence electrons. The van der Waals surface area contributed by atoms with E-state index in [-0.39, 0.29) is 36.8 Å². The molecule has 1 amide bonds. The molecule has 1 aromatic heterocycles. The van der Waals surface area contributed by atoms with Crippen LogP contribution in [-0.4, -0.2) is 23.5 Å². The van der Waals surface area contributed by atoms with E-state index in [1.54, 1.807) is 11.3 Å². The SMILES string of the molecule is Cl.Cl.NCC1CCCC1NC(=O)c1csc(Cc2ccccc2)n1. The molecule has 1 fully saturated rings. The number of hydrogen-bond donors (Lipinski definition) is 2. The first-order chi connectivity index (χ1) is 10.8. The lowest BCUT2D eigenvalue weighted by Crippen LogP contribution is -2.40. The Balaban J connectivity index is 0.00000144. The summed E-state index contributed by atoms with van der Waals surface area (Å²) in [6.45, 7) is 0.640. The van der Waals surface area contributed by atoms with Crippen LogP contribution in [0.3, 0.4) is 0 Å². The molecule has 0 saturated heterocycles. The van der Waals surface area contributed by atoms with Crippen molar-refractivity contribution < 1.29 is 4.79 Å². The monoisotopic (exact) mass is 387 g/mol. The molecule has 0 spiro atoms. The van der Waals surface area contributed by atoms with Gasteiger partial charge in [-0.1, -0.05) is 36.8 Å². The number of aromatic nitrogens is 1. The Bertz CT molecular complexity index is 636. The maximum absolute atomic E-state index is 12.3. The maximum atomic E-state index is 12.3. The van der Waals surface area contributed by atoms with Gasteiger partial charge in [0.15, 0.2) is 0 Å². The van der Waals surface area contributed by atoms with Crippen LogP contribution in [0.5, 0.6) is 0 Å². The van der Waals surface area contributed by atoms with Crippen LogP contribution >= 0.6 is 36.2 Å². The first-order valence-corrected chi connectivity index (χ1v) is 8.63. The zero-order valence-electron chi connectivity index (χ0n) is 13.3. The third-order valence-corrected chi connectivity index (χ3v) is 5.11. The first-order valence-electron chi connectivity index (χ1n) is 7.75. The average molecular weight is 388 g/mol. The second-order valence-electron chi connectivity index (χ2n) is 5.80. The molecule has 1 aliphatic carbocycles. The summed E-state index contributed by atoms with van der Waals surface area (Å²) in [6, 6.07) is 10.4. The molecule has 1 aromatic carbocycles. The number of thiazole rings is 1. The van der Waals surface area contributed by atoms with Gasteiger partial charge in [-0.2, -0.15) is 0 Å². The zero-order valence-corrected chi connectivity index (χ0v) is 15.8. The number of amides is 1. The van der Waals surface area contributed by atoms with E-state index >= 15 is 0 Å². The highest BCUT2D eigenvalue weighted by molar-refractivity contribution is 7.09. The molecule has 2 unspecified atom stereocenters. The molecule has 24 heavy (non-hydrogen) atoms. The fourth-order valence-corrected chi connectivity index (χ4v) is 3.83. The molecule has 7 heteroatoms. The summed E-state index contributed by atoms with van der Waals surface area (Å²) in [7, 11) is 0. The molecule has 1 saturated carbocycles. The van der Waals surface area contributed by atoms with Gasteiger partial charge in [-0.3, -0.25) is 4.79 Å². The van der Waals surface area contributed by atoms with Crippen molar-refractivity contribution in [1.29, 1.82) is 0 Å². The van der Waals surface area contributed by atoms with E-state index < -0.39 is 0 Å². The van der Waals surface area contributed by atoms with E-state index in [2.05, 4.69) is 22.4 Å². The third-order valence-electron chi connectivity index (χ3n) is 4.26. The Labute approximate surface area is 159 Å². The Hall–Kier alpha value is -1.14. The van der Waals surface area contributed by atoms with Crippen molar-refractivity contribution in [3.63, 3.8) is 0 Å². The van der Waals surface area contributed by atoms with Crippen LogP contribution < -0.4 is 11.1 Å². The minimum absolute atomic E-state index is 0. The van der Waals surface area contributed by atoms with Crippen LogP contribution in [0.4, 0.5) is 0 Å². The van der Waals surface area contributed by atoms with Crippen molar-refractivity contribution in [3.8, 4) is 0 Å². The molecule has 3 N–H and O–H groups in total. The van der Waals surface area contributed by atoms with Crippen molar-refractivity contribution in [1.82, 2.24) is 10.3 Å². The van der Waals surface area contributed by atoms with Crippen molar-refractivity contribution in [3.05, 3.63) is 52.0 Å². The van der Waals surface area contributed by atoms with Crippen molar-refractivity contribution in [2.24, 2.45) is 11.7 Å². The third kappa shape index (κ3) is 5.18. The van der Waals surface area contributed by atoms with E-state index in [1.807, 2.05) is 23.6 Å². The number of carbonyl (C=O) groups is 1. The van der Waals surface area contributed by atoms with Gasteiger partial charge in [-0.25, -0.2) is 4.98 Å². The maximum Gasteiger partial charge on any atom is 0.270 e. The second-order valence-corrected chi connectivity index (χ2v) is 6.74. The summed E-state index contributed by atoms with van der Waals surface area (Å²) in [6.07, 6.45) is 4.04. The normalized spacial score (nSPS) is 19.2. The summed E-state index contributed by atoms with van der Waals surface area (Å²) < 4.78 is 0. The summed E-state index contributed by atoms with van der Waals surface area (Å²) in [5.41, 5.74) is 7.50. The van der Waals surface area contributed by atoms with Crippen LogP contribution in [0.15, 0.2) is 35.7 Å². The van der Waals surface area contributed by atoms with Gasteiger partial charge < -0.3 is 11.1 Å². The molecule has 1 aliphatic rings. The molecule has 4 nitrogen and oxygen atoms in total. The predicted octanol–water partition coefficient (Wildman–Crippen LogP) is 3.43. The van der Waals surface area contributed by atoms with Gasteiger partial charge in [0, 0.05) is 17.8 Å². The molecule has 1 heterocycles. The van der Waals surface area contributed by atoms with Crippen molar-refractivity contribution >= 4 is 42.1 Å². The van der Waals surface area contributed by atoms with E-state index in [1.165, 1.54) is 5.56 Å². The molecule has 0 aliphatic heterocycles. The number of nitrogens with zero attached hydrogens (tertiary/aromatic N) is 1. The number of carbonyl (C=O) groups excluding carboxylic acids is 1. The van der Waals surface area contributed by atoms with E-state index in [0.29, 0.717) is 18.2 Å². The standard InChI is InChI=1S/C17H21N3OS.2ClH/c18-10-13-7-4-8-14(13)20-17(21)15-11-22-16(19-15)9-12-5-2-1-3-6-12;;/h1-3,5-6,11,13-14H,4,7-10,18H2,(H,20,21);2*1H. The van der Waals surface area contributed by atoms with E-state index in [0.717, 1.165) is 30.7 Å². The number of halogens is 2. The van der Waals surface area contributed by atoms with Crippen LogP contribution in [-0.2, 0) is 6.42 Å². The van der Waals surface area contributed by atoms with Gasteiger partial charge in [0.1, 0.15) is 5.69 Å². The van der Waals surface area contributed by atoms with Crippen LogP contribution in [0.2, 0.25) is 0 Å². The Kier molecular flexibility index (Phi) is 8.70. The molecule has 0 radical (unpaired) electrons. The highest BCUT2D eigenvalue weighted by atomic mass is 35.5. The quantitative estimate of drug-likeness (QED) is 0.825. The van der Waals surface area contributed by atoms with Crippen LogP contribution in [0.1, 0.15) is 40.3 Å². The molecule has 2 atom stereocenters. The number of hydrogen-bond acceptors (Lipinski definition) is 4. The number of benzene rings is 1. The Morgan fingerprint density at radius 3 is 2.71 bits per heavy atom. The number of rotatable bonds is 5. The Morgan fingerprint density at radius 2 is 2.00 bits per heavy atom. The molecular weight excluding hydrogens is 365 g/mol. The average Bonchev–Trinajstić information content (AvgIpc) is 3.17. The number of nitrogens with one attached hydrogen (secondary N) is 1. The van der Waals surface area contributed by atoms with Gasteiger partial charge in [-0.15, -0.1) is 36.2 Å². The highest BCUT2D eigenvalue weighted by Gasteiger charge is 2.28. The Morgan fingerprint density at radius 1 is 1.25 bits per heavy atom. The lowest BCUT2D eigenvalue weighted by Gasteiger charge is -2.18. The smallest absolute Gasteiger partial charge is 0.270 e. The summed E-state index contributed by atoms with van der Waals surface area (Å²) in [5, 5.41) is 5.92. The lowest BCUT2D eigenvalue weighted by atomic mass is 10.0. The fourth-order valence-electron chi connectivity index (χ4n) is 3.02. The molecule has 2 aromatic rings. The highest BCUT2D eigenvalue weighted by Crippen LogP contribution is 2.25. The van der Waals surface area contributed by atoms with E-state index in [4.69, 9.17) is 5.73 Å². The number of nitrogens with two attached hydrogens (primary N) is 1. The molecular formula is C17H23Cl2N3OS.